The minimum Gasteiger partial charge on any atom is -0.486 e. The van der Waals surface area contributed by atoms with Crippen molar-refractivity contribution in [3.05, 3.63) is 52.0 Å². The van der Waals surface area contributed by atoms with Gasteiger partial charge in [-0.05, 0) is 36.2 Å². The van der Waals surface area contributed by atoms with Gasteiger partial charge in [0.25, 0.3) is 0 Å². The Morgan fingerprint density at radius 1 is 1.05 bits per heavy atom. The maximum absolute atomic E-state index is 5.58. The van der Waals surface area contributed by atoms with Crippen LogP contribution in [-0.4, -0.2) is 13.2 Å². The molecular weight excluding hydrogens is 318 g/mol. The van der Waals surface area contributed by atoms with Crippen LogP contribution < -0.4 is 14.8 Å². The Morgan fingerprint density at radius 3 is 2.65 bits per heavy atom. The van der Waals surface area contributed by atoms with Crippen LogP contribution in [0, 0.1) is 6.92 Å². The fourth-order valence-corrected chi connectivity index (χ4v) is 2.53. The summed E-state index contributed by atoms with van der Waals surface area (Å²) in [6.07, 6.45) is 0. The first-order valence-corrected chi connectivity index (χ1v) is 7.40. The van der Waals surface area contributed by atoms with Gasteiger partial charge >= 0.3 is 0 Å². The summed E-state index contributed by atoms with van der Waals surface area (Å²) in [5.74, 6) is 1.63. The van der Waals surface area contributed by atoms with Crippen LogP contribution in [-0.2, 0) is 6.54 Å². The average Bonchev–Trinajstić information content (AvgIpc) is 2.48. The second kappa shape index (κ2) is 5.75. The first kappa shape index (κ1) is 13.3. The zero-order valence-corrected chi connectivity index (χ0v) is 12.9. The van der Waals surface area contributed by atoms with Crippen molar-refractivity contribution in [2.75, 3.05) is 18.5 Å². The predicted octanol–water partition coefficient (Wildman–Crippen LogP) is 4.14. The van der Waals surface area contributed by atoms with Crippen LogP contribution in [0.2, 0.25) is 0 Å². The van der Waals surface area contributed by atoms with Crippen molar-refractivity contribution in [2.45, 2.75) is 13.5 Å². The normalized spacial score (nSPS) is 13.1. The number of benzene rings is 2. The van der Waals surface area contributed by atoms with Gasteiger partial charge < -0.3 is 14.8 Å². The molecule has 0 bridgehead atoms. The summed E-state index contributed by atoms with van der Waals surface area (Å²) in [7, 11) is 0. The molecule has 0 saturated carbocycles. The van der Waals surface area contributed by atoms with E-state index in [2.05, 4.69) is 46.4 Å². The van der Waals surface area contributed by atoms with Crippen molar-refractivity contribution < 1.29 is 9.47 Å². The third-order valence-electron chi connectivity index (χ3n) is 3.28. The summed E-state index contributed by atoms with van der Waals surface area (Å²) in [5, 5.41) is 3.40. The smallest absolute Gasteiger partial charge is 0.163 e. The SMILES string of the molecule is Cc1ccc(CNc2ccc3c(c2)OCCO3)cc1Br. The summed E-state index contributed by atoms with van der Waals surface area (Å²) in [6, 6.07) is 12.3. The van der Waals surface area contributed by atoms with Gasteiger partial charge in [-0.1, -0.05) is 28.1 Å². The maximum atomic E-state index is 5.58. The predicted molar refractivity (Wildman–Crippen MR) is 83.6 cm³/mol. The summed E-state index contributed by atoms with van der Waals surface area (Å²) in [5.41, 5.74) is 3.51. The van der Waals surface area contributed by atoms with Crippen molar-refractivity contribution >= 4 is 21.6 Å². The molecule has 0 fully saturated rings. The molecule has 3 rings (SSSR count). The Kier molecular flexibility index (Phi) is 3.83. The van der Waals surface area contributed by atoms with Crippen molar-refractivity contribution in [3.8, 4) is 11.5 Å². The molecule has 3 nitrogen and oxygen atoms in total. The highest BCUT2D eigenvalue weighted by molar-refractivity contribution is 9.10. The minimum atomic E-state index is 0.612. The van der Waals surface area contributed by atoms with E-state index < -0.39 is 0 Å². The van der Waals surface area contributed by atoms with Gasteiger partial charge in [0.05, 0.1) is 0 Å². The van der Waals surface area contributed by atoms with Crippen LogP contribution in [0.3, 0.4) is 0 Å². The molecule has 0 atom stereocenters. The Bertz CT molecular complexity index is 628. The van der Waals surface area contributed by atoms with Crippen LogP contribution in [0.4, 0.5) is 5.69 Å². The lowest BCUT2D eigenvalue weighted by Gasteiger charge is -2.19. The molecule has 0 spiro atoms. The lowest BCUT2D eigenvalue weighted by Crippen LogP contribution is -2.15. The van der Waals surface area contributed by atoms with Crippen LogP contribution in [0.5, 0.6) is 11.5 Å². The standard InChI is InChI=1S/C16H16BrNO2/c1-11-2-3-12(8-14(11)17)10-18-13-4-5-15-16(9-13)20-7-6-19-15/h2-5,8-9,18H,6-7,10H2,1H3. The van der Waals surface area contributed by atoms with E-state index in [0.29, 0.717) is 13.2 Å². The lowest BCUT2D eigenvalue weighted by molar-refractivity contribution is 0.171. The van der Waals surface area contributed by atoms with Crippen molar-refractivity contribution in [1.29, 1.82) is 0 Å². The van der Waals surface area contributed by atoms with E-state index in [0.717, 1.165) is 28.2 Å². The molecule has 0 unspecified atom stereocenters. The number of hydrogen-bond donors (Lipinski definition) is 1. The molecule has 4 heteroatoms. The molecule has 0 amide bonds. The Morgan fingerprint density at radius 2 is 1.85 bits per heavy atom. The Balaban J connectivity index is 1.70. The number of fused-ring (bicyclic) bond motifs is 1. The fourth-order valence-electron chi connectivity index (χ4n) is 2.10. The van der Waals surface area contributed by atoms with Gasteiger partial charge in [0.1, 0.15) is 13.2 Å². The largest absolute Gasteiger partial charge is 0.486 e. The molecule has 2 aromatic carbocycles. The molecular formula is C16H16BrNO2. The van der Waals surface area contributed by atoms with E-state index in [-0.39, 0.29) is 0 Å². The maximum Gasteiger partial charge on any atom is 0.163 e. The highest BCUT2D eigenvalue weighted by atomic mass is 79.9. The second-order valence-electron chi connectivity index (χ2n) is 4.80. The highest BCUT2D eigenvalue weighted by Gasteiger charge is 2.11. The zero-order valence-electron chi connectivity index (χ0n) is 11.3. The van der Waals surface area contributed by atoms with Crippen LogP contribution in [0.15, 0.2) is 40.9 Å². The first-order valence-electron chi connectivity index (χ1n) is 6.61. The Hall–Kier alpha value is -1.68. The minimum absolute atomic E-state index is 0.612. The summed E-state index contributed by atoms with van der Waals surface area (Å²) in [6.45, 7) is 4.10. The molecule has 2 aromatic rings. The van der Waals surface area contributed by atoms with E-state index in [1.54, 1.807) is 0 Å². The highest BCUT2D eigenvalue weighted by Crippen LogP contribution is 2.32. The lowest BCUT2D eigenvalue weighted by atomic mass is 10.1. The zero-order chi connectivity index (χ0) is 13.9. The number of anilines is 1. The molecule has 1 heterocycles. The topological polar surface area (TPSA) is 30.5 Å². The summed E-state index contributed by atoms with van der Waals surface area (Å²) >= 11 is 3.56. The van der Waals surface area contributed by atoms with Gasteiger partial charge in [-0.2, -0.15) is 0 Å². The summed E-state index contributed by atoms with van der Waals surface area (Å²) in [4.78, 5) is 0. The number of ether oxygens (including phenoxy) is 2. The van der Waals surface area contributed by atoms with E-state index >= 15 is 0 Å². The van der Waals surface area contributed by atoms with Gasteiger partial charge in [0.2, 0.25) is 0 Å². The van der Waals surface area contributed by atoms with E-state index in [1.807, 2.05) is 18.2 Å². The number of nitrogens with one attached hydrogen (secondary N) is 1. The van der Waals surface area contributed by atoms with E-state index in [1.165, 1.54) is 11.1 Å². The van der Waals surface area contributed by atoms with E-state index in [4.69, 9.17) is 9.47 Å². The third kappa shape index (κ3) is 2.90. The average molecular weight is 334 g/mol. The number of halogens is 1. The summed E-state index contributed by atoms with van der Waals surface area (Å²) < 4.78 is 12.2. The quantitative estimate of drug-likeness (QED) is 0.915. The molecule has 0 radical (unpaired) electrons. The van der Waals surface area contributed by atoms with Gasteiger partial charge in [-0.15, -0.1) is 0 Å². The molecule has 104 valence electrons. The van der Waals surface area contributed by atoms with Gasteiger partial charge in [0, 0.05) is 22.8 Å². The molecule has 1 aliphatic rings. The molecule has 0 aliphatic carbocycles. The van der Waals surface area contributed by atoms with Crippen molar-refractivity contribution in [3.63, 3.8) is 0 Å². The molecule has 0 aromatic heterocycles. The van der Waals surface area contributed by atoms with Crippen LogP contribution in [0.25, 0.3) is 0 Å². The van der Waals surface area contributed by atoms with Gasteiger partial charge in [-0.25, -0.2) is 0 Å². The van der Waals surface area contributed by atoms with Crippen molar-refractivity contribution in [2.24, 2.45) is 0 Å². The van der Waals surface area contributed by atoms with E-state index in [9.17, 15) is 0 Å². The van der Waals surface area contributed by atoms with Crippen molar-refractivity contribution in [1.82, 2.24) is 0 Å². The Labute approximate surface area is 127 Å². The molecule has 20 heavy (non-hydrogen) atoms. The molecule has 0 saturated heterocycles. The van der Waals surface area contributed by atoms with Crippen LogP contribution in [0.1, 0.15) is 11.1 Å². The van der Waals surface area contributed by atoms with Crippen LogP contribution >= 0.6 is 15.9 Å². The number of aryl methyl sites for hydroxylation is 1. The molecule has 1 aliphatic heterocycles. The first-order chi connectivity index (χ1) is 9.72. The number of rotatable bonds is 3. The van der Waals surface area contributed by atoms with Gasteiger partial charge in [0.15, 0.2) is 11.5 Å². The fraction of sp³-hybridized carbons (Fsp3) is 0.250. The monoisotopic (exact) mass is 333 g/mol. The number of hydrogen-bond acceptors (Lipinski definition) is 3. The third-order valence-corrected chi connectivity index (χ3v) is 4.13. The van der Waals surface area contributed by atoms with Gasteiger partial charge in [-0.3, -0.25) is 0 Å². The molecule has 1 N–H and O–H groups in total. The second-order valence-corrected chi connectivity index (χ2v) is 5.65.